The molecule has 0 unspecified atom stereocenters. The van der Waals surface area contributed by atoms with Crippen molar-refractivity contribution in [3.05, 3.63) is 52.0 Å². The molecule has 9 heteroatoms. The van der Waals surface area contributed by atoms with Crippen molar-refractivity contribution >= 4 is 50.9 Å². The van der Waals surface area contributed by atoms with Crippen LogP contribution in [0.25, 0.3) is 0 Å². The predicted molar refractivity (Wildman–Crippen MR) is 149 cm³/mol. The van der Waals surface area contributed by atoms with Crippen LogP contribution in [0, 0.1) is 0 Å². The van der Waals surface area contributed by atoms with E-state index in [2.05, 4.69) is 20.8 Å². The number of benzene rings is 2. The molecule has 8 nitrogen and oxygen atoms in total. The summed E-state index contributed by atoms with van der Waals surface area (Å²) in [6, 6.07) is 11.3. The Hall–Kier alpha value is -3.07. The first-order chi connectivity index (χ1) is 17.0. The molecule has 0 spiro atoms. The maximum absolute atomic E-state index is 13.7. The fourth-order valence-electron chi connectivity index (χ4n) is 5.15. The van der Waals surface area contributed by atoms with Gasteiger partial charge in [0.1, 0.15) is 5.60 Å². The van der Waals surface area contributed by atoms with Gasteiger partial charge in [-0.25, -0.2) is 4.79 Å². The Balaban J connectivity index is 1.71. The van der Waals surface area contributed by atoms with E-state index in [9.17, 15) is 14.4 Å². The molecule has 37 heavy (non-hydrogen) atoms. The molecule has 4 rings (SSSR count). The minimum Gasteiger partial charge on any atom is -0.444 e. The Kier molecular flexibility index (Phi) is 6.59. The number of carbonyl (C=O) groups is 3. The second-order valence-corrected chi connectivity index (χ2v) is 12.7. The zero-order chi connectivity index (χ0) is 27.5. The van der Waals surface area contributed by atoms with Crippen molar-refractivity contribution in [1.82, 2.24) is 4.90 Å². The molecule has 0 bridgehead atoms. The lowest BCUT2D eigenvalue weighted by molar-refractivity contribution is -0.121. The van der Waals surface area contributed by atoms with E-state index in [0.29, 0.717) is 29.8 Å². The van der Waals surface area contributed by atoms with Gasteiger partial charge in [0.05, 0.1) is 27.9 Å². The number of anilines is 3. The summed E-state index contributed by atoms with van der Waals surface area (Å²) >= 11 is 3.42. The lowest BCUT2D eigenvalue weighted by Gasteiger charge is -2.47. The van der Waals surface area contributed by atoms with Crippen molar-refractivity contribution < 1.29 is 19.1 Å². The monoisotopic (exact) mass is 570 g/mol. The molecule has 3 amide bonds. The van der Waals surface area contributed by atoms with Crippen molar-refractivity contribution in [2.75, 3.05) is 29.4 Å². The van der Waals surface area contributed by atoms with Crippen molar-refractivity contribution in [3.8, 4) is 0 Å². The molecule has 0 saturated carbocycles. The first-order valence-electron chi connectivity index (χ1n) is 12.4. The van der Waals surface area contributed by atoms with Crippen LogP contribution in [0.1, 0.15) is 64.4 Å². The van der Waals surface area contributed by atoms with Gasteiger partial charge in [-0.3, -0.25) is 19.4 Å². The van der Waals surface area contributed by atoms with Gasteiger partial charge in [-0.05, 0) is 94.2 Å². The summed E-state index contributed by atoms with van der Waals surface area (Å²) in [5.74, 6) is -0.743. The number of nitrogens with two attached hydrogens (primary N) is 1. The maximum Gasteiger partial charge on any atom is 0.410 e. The number of carbonyl (C=O) groups excluding carboxylic acids is 3. The lowest BCUT2D eigenvalue weighted by Crippen LogP contribution is -2.61. The zero-order valence-corrected chi connectivity index (χ0v) is 24.1. The molecule has 2 aliphatic rings. The molecule has 0 atom stereocenters. The molecular formula is C28H35BrN4O4. The smallest absolute Gasteiger partial charge is 0.410 e. The van der Waals surface area contributed by atoms with Crippen molar-refractivity contribution in [2.24, 2.45) is 5.73 Å². The third-order valence-electron chi connectivity index (χ3n) is 6.99. The fraction of sp³-hybridized carbons (Fsp3) is 0.464. The van der Waals surface area contributed by atoms with E-state index in [1.807, 2.05) is 66.7 Å². The molecule has 2 aromatic rings. The molecule has 2 aromatic carbocycles. The number of rotatable bonds is 3. The van der Waals surface area contributed by atoms with Crippen LogP contribution in [0.2, 0.25) is 0 Å². The predicted octanol–water partition coefficient (Wildman–Crippen LogP) is 5.34. The molecule has 2 aliphatic heterocycles. The van der Waals surface area contributed by atoms with E-state index in [4.69, 9.17) is 10.5 Å². The lowest BCUT2D eigenvalue weighted by atomic mass is 9.86. The number of ether oxygens (including phenoxy) is 1. The number of piperazine rings is 1. The van der Waals surface area contributed by atoms with E-state index < -0.39 is 22.5 Å². The van der Waals surface area contributed by atoms with Crippen LogP contribution >= 0.6 is 15.9 Å². The highest BCUT2D eigenvalue weighted by Gasteiger charge is 2.46. The summed E-state index contributed by atoms with van der Waals surface area (Å²) < 4.78 is 6.17. The number of hydrogen-bond donors (Lipinski definition) is 1. The largest absolute Gasteiger partial charge is 0.444 e. The van der Waals surface area contributed by atoms with E-state index in [0.717, 1.165) is 16.9 Å². The average molecular weight is 572 g/mol. The summed E-state index contributed by atoms with van der Waals surface area (Å²) in [7, 11) is 0. The highest BCUT2D eigenvalue weighted by atomic mass is 79.9. The van der Waals surface area contributed by atoms with E-state index in [1.165, 1.54) is 0 Å². The highest BCUT2D eigenvalue weighted by molar-refractivity contribution is 9.10. The normalized spacial score (nSPS) is 18.6. The number of halogens is 1. The van der Waals surface area contributed by atoms with Gasteiger partial charge in [0.25, 0.3) is 5.91 Å². The van der Waals surface area contributed by atoms with Crippen LogP contribution < -0.4 is 15.5 Å². The van der Waals surface area contributed by atoms with Crippen LogP contribution in [-0.2, 0) is 14.9 Å². The molecule has 2 N–H and O–H groups in total. The summed E-state index contributed by atoms with van der Waals surface area (Å²) in [4.78, 5) is 44.5. The summed E-state index contributed by atoms with van der Waals surface area (Å²) in [5.41, 5.74) is 7.14. The van der Waals surface area contributed by atoms with E-state index in [1.54, 1.807) is 28.0 Å². The second-order valence-electron chi connectivity index (χ2n) is 11.8. The Labute approximate surface area is 226 Å². The Bertz CT molecular complexity index is 1280. The third-order valence-corrected chi connectivity index (χ3v) is 7.65. The molecule has 1 fully saturated rings. The maximum atomic E-state index is 13.7. The standard InChI is InChI=1S/C28H35BrN4O4/c1-26(2,3)37-25(36)32-14-13-31(16-27(32,4)5)17-11-12-18-21(15-17)33(24(35)28(18,6)7)20-10-8-9-19(29)22(20)23(30)34/h8-12,15H,13-14,16H2,1-7H3,(H2,30,34). The van der Waals surface area contributed by atoms with Gasteiger partial charge in [0.15, 0.2) is 0 Å². The van der Waals surface area contributed by atoms with Gasteiger partial charge in [-0.15, -0.1) is 0 Å². The minimum atomic E-state index is -0.778. The van der Waals surface area contributed by atoms with Crippen LogP contribution in [0.4, 0.5) is 21.9 Å². The average Bonchev–Trinajstić information content (AvgIpc) is 2.96. The van der Waals surface area contributed by atoms with Crippen LogP contribution in [0.5, 0.6) is 0 Å². The number of nitrogens with zero attached hydrogens (tertiary/aromatic N) is 3. The number of primary amides is 1. The topological polar surface area (TPSA) is 96.2 Å². The molecule has 1 saturated heterocycles. The quantitative estimate of drug-likeness (QED) is 0.537. The molecule has 0 radical (unpaired) electrons. The van der Waals surface area contributed by atoms with E-state index >= 15 is 0 Å². The van der Waals surface area contributed by atoms with Gasteiger partial charge in [0, 0.05) is 29.8 Å². The summed E-state index contributed by atoms with van der Waals surface area (Å²) in [6.07, 6.45) is -0.321. The fourth-order valence-corrected chi connectivity index (χ4v) is 5.70. The first-order valence-corrected chi connectivity index (χ1v) is 13.2. The van der Waals surface area contributed by atoms with E-state index in [-0.39, 0.29) is 17.6 Å². The zero-order valence-electron chi connectivity index (χ0n) is 22.5. The SMILES string of the molecule is CC(C)(C)OC(=O)N1CCN(c2ccc3c(c2)N(c2cccc(Br)c2C(N)=O)C(=O)C3(C)C)CC1(C)C. The number of fused-ring (bicyclic) bond motifs is 1. The van der Waals surface area contributed by atoms with Gasteiger partial charge >= 0.3 is 6.09 Å². The first kappa shape index (κ1) is 27.0. The molecule has 0 aliphatic carbocycles. The van der Waals surface area contributed by atoms with Gasteiger partial charge < -0.3 is 15.4 Å². The number of hydrogen-bond acceptors (Lipinski definition) is 5. The van der Waals surface area contributed by atoms with Crippen LogP contribution in [0.15, 0.2) is 40.9 Å². The van der Waals surface area contributed by atoms with Gasteiger partial charge in [0.2, 0.25) is 5.91 Å². The molecule has 2 heterocycles. The summed E-state index contributed by atoms with van der Waals surface area (Å²) in [5, 5.41) is 0. The van der Waals surface area contributed by atoms with Crippen LogP contribution in [0.3, 0.4) is 0 Å². The summed E-state index contributed by atoms with van der Waals surface area (Å²) in [6.45, 7) is 15.1. The Morgan fingerprint density at radius 1 is 1.03 bits per heavy atom. The van der Waals surface area contributed by atoms with Crippen molar-refractivity contribution in [1.29, 1.82) is 0 Å². The highest BCUT2D eigenvalue weighted by Crippen LogP contribution is 2.48. The van der Waals surface area contributed by atoms with Gasteiger partial charge in [-0.1, -0.05) is 12.1 Å². The van der Waals surface area contributed by atoms with Gasteiger partial charge in [-0.2, -0.15) is 0 Å². The molecule has 198 valence electrons. The van der Waals surface area contributed by atoms with Crippen molar-refractivity contribution in [2.45, 2.75) is 65.0 Å². The Morgan fingerprint density at radius 2 is 1.70 bits per heavy atom. The third kappa shape index (κ3) is 4.81. The van der Waals surface area contributed by atoms with Crippen LogP contribution in [-0.4, -0.2) is 53.6 Å². The Morgan fingerprint density at radius 3 is 2.30 bits per heavy atom. The number of amides is 3. The second kappa shape index (κ2) is 9.04. The molecule has 0 aromatic heterocycles. The minimum absolute atomic E-state index is 0.129. The molecular weight excluding hydrogens is 536 g/mol. The van der Waals surface area contributed by atoms with Crippen molar-refractivity contribution in [3.63, 3.8) is 0 Å².